The van der Waals surface area contributed by atoms with Crippen LogP contribution in [0, 0.1) is 5.82 Å². The minimum atomic E-state index is -0.191. The zero-order valence-electron chi connectivity index (χ0n) is 13.9. The molecule has 1 aliphatic rings. The van der Waals surface area contributed by atoms with Crippen molar-refractivity contribution in [2.24, 2.45) is 0 Å². The number of aromatic nitrogens is 3. The van der Waals surface area contributed by atoms with Gasteiger partial charge in [0.1, 0.15) is 11.6 Å². The Morgan fingerprint density at radius 1 is 1.20 bits per heavy atom. The van der Waals surface area contributed by atoms with E-state index < -0.39 is 0 Å². The van der Waals surface area contributed by atoms with E-state index in [4.69, 9.17) is 4.98 Å². The number of aromatic amines is 1. The first-order chi connectivity index (χ1) is 11.2. The highest BCUT2D eigenvalue weighted by atomic mass is 35.5. The maximum Gasteiger partial charge on any atom is 0.132 e. The van der Waals surface area contributed by atoms with E-state index >= 15 is 0 Å². The molecule has 25 heavy (non-hydrogen) atoms. The van der Waals surface area contributed by atoms with Gasteiger partial charge in [0.2, 0.25) is 0 Å². The van der Waals surface area contributed by atoms with Crippen LogP contribution in [0.3, 0.4) is 0 Å². The number of nitrogens with zero attached hydrogens (tertiary/aromatic N) is 2. The van der Waals surface area contributed by atoms with E-state index in [9.17, 15) is 4.39 Å². The molecule has 2 aromatic heterocycles. The number of benzene rings is 1. The summed E-state index contributed by atoms with van der Waals surface area (Å²) in [6.07, 6.45) is 5.59. The van der Waals surface area contributed by atoms with Crippen molar-refractivity contribution in [3.63, 3.8) is 0 Å². The number of hydrogen-bond donors (Lipinski definition) is 2. The van der Waals surface area contributed by atoms with Gasteiger partial charge in [-0.3, -0.25) is 0 Å². The van der Waals surface area contributed by atoms with Gasteiger partial charge in [0, 0.05) is 24.2 Å². The highest BCUT2D eigenvalue weighted by molar-refractivity contribution is 5.85. The fourth-order valence-electron chi connectivity index (χ4n) is 3.51. The number of nitrogens with one attached hydrogen (secondary N) is 2. The van der Waals surface area contributed by atoms with Crippen molar-refractivity contribution in [1.29, 1.82) is 0 Å². The molecule has 134 valence electrons. The smallest absolute Gasteiger partial charge is 0.132 e. The number of hydrogen-bond acceptors (Lipinski definition) is 3. The molecule has 1 aliphatic heterocycles. The highest BCUT2D eigenvalue weighted by Crippen LogP contribution is 2.35. The molecule has 0 saturated carbocycles. The van der Waals surface area contributed by atoms with Crippen LogP contribution >= 0.6 is 12.4 Å². The van der Waals surface area contributed by atoms with Crippen LogP contribution in [0.4, 0.5) is 4.39 Å². The Morgan fingerprint density at radius 2 is 2.04 bits per heavy atom. The molecular formula is C18H22ClFN4O. The summed E-state index contributed by atoms with van der Waals surface area (Å²) in [6.45, 7) is 2.16. The molecule has 0 bridgehead atoms. The summed E-state index contributed by atoms with van der Waals surface area (Å²) in [7, 11) is 0. The lowest BCUT2D eigenvalue weighted by Gasteiger charge is -2.34. The second-order valence-corrected chi connectivity index (χ2v) is 6.35. The number of halogens is 2. The van der Waals surface area contributed by atoms with Crippen molar-refractivity contribution in [3.8, 4) is 0 Å². The molecule has 3 heterocycles. The second kappa shape index (κ2) is 7.91. The van der Waals surface area contributed by atoms with Gasteiger partial charge in [0.05, 0.1) is 17.2 Å². The van der Waals surface area contributed by atoms with Crippen LogP contribution < -0.4 is 5.32 Å². The van der Waals surface area contributed by atoms with E-state index in [0.717, 1.165) is 35.3 Å². The van der Waals surface area contributed by atoms with Crippen molar-refractivity contribution in [2.75, 3.05) is 0 Å². The molecule has 1 saturated heterocycles. The van der Waals surface area contributed by atoms with Gasteiger partial charge in [0.25, 0.3) is 0 Å². The fourth-order valence-corrected chi connectivity index (χ4v) is 3.51. The molecule has 3 atom stereocenters. The van der Waals surface area contributed by atoms with Crippen molar-refractivity contribution in [2.45, 2.75) is 37.8 Å². The van der Waals surface area contributed by atoms with Gasteiger partial charge in [-0.25, -0.2) is 14.4 Å². The molecular weight excluding hydrogens is 343 g/mol. The molecule has 4 N–H and O–H groups in total. The summed E-state index contributed by atoms with van der Waals surface area (Å²) in [6, 6.07) is 9.28. The Bertz CT molecular complexity index is 841. The summed E-state index contributed by atoms with van der Waals surface area (Å²) in [4.78, 5) is 12.4. The molecule has 0 aliphatic carbocycles. The predicted molar refractivity (Wildman–Crippen MR) is 98.5 cm³/mol. The molecule has 5 nitrogen and oxygen atoms in total. The van der Waals surface area contributed by atoms with Crippen LogP contribution in [0.25, 0.3) is 11.0 Å². The maximum absolute atomic E-state index is 13.5. The van der Waals surface area contributed by atoms with Crippen LogP contribution in [-0.2, 0) is 0 Å². The molecule has 0 spiro atoms. The number of fused-ring (bicyclic) bond motifs is 1. The van der Waals surface area contributed by atoms with Gasteiger partial charge < -0.3 is 15.8 Å². The molecule has 7 heteroatoms. The zero-order chi connectivity index (χ0) is 15.8. The van der Waals surface area contributed by atoms with E-state index in [2.05, 4.69) is 22.2 Å². The highest BCUT2D eigenvalue weighted by Gasteiger charge is 2.29. The van der Waals surface area contributed by atoms with Gasteiger partial charge in [-0.2, -0.15) is 0 Å². The molecule has 3 unspecified atom stereocenters. The van der Waals surface area contributed by atoms with Crippen LogP contribution in [0.2, 0.25) is 0 Å². The summed E-state index contributed by atoms with van der Waals surface area (Å²) in [5.41, 5.74) is 2.89. The van der Waals surface area contributed by atoms with Crippen molar-refractivity contribution >= 4 is 23.4 Å². The van der Waals surface area contributed by atoms with Crippen molar-refractivity contribution in [3.05, 3.63) is 59.9 Å². The number of rotatable bonds is 2. The molecule has 4 rings (SSSR count). The van der Waals surface area contributed by atoms with Gasteiger partial charge >= 0.3 is 0 Å². The average molecular weight is 365 g/mol. The van der Waals surface area contributed by atoms with E-state index in [1.807, 2.05) is 24.5 Å². The Kier molecular flexibility index (Phi) is 6.11. The SMILES string of the molecule is CC1CC(c2ncc3[nH]ccc3n2)CC(c2cccc(F)c2)N1.Cl.O. The van der Waals surface area contributed by atoms with Crippen molar-refractivity contribution in [1.82, 2.24) is 20.3 Å². The standard InChI is InChI=1S/C18H19FN4.ClH.H2O/c1-11-7-13(18-21-10-17-15(23-18)5-6-20-17)9-16(22-11)12-3-2-4-14(19)8-12;;/h2-6,8,10-11,13,16,20,22H,7,9H2,1H3;1H;1H2. The van der Waals surface area contributed by atoms with E-state index in [1.54, 1.807) is 12.1 Å². The lowest BCUT2D eigenvalue weighted by molar-refractivity contribution is 0.299. The van der Waals surface area contributed by atoms with Gasteiger partial charge in [-0.15, -0.1) is 12.4 Å². The zero-order valence-corrected chi connectivity index (χ0v) is 14.7. The summed E-state index contributed by atoms with van der Waals surface area (Å²) in [5.74, 6) is 0.967. The van der Waals surface area contributed by atoms with Gasteiger partial charge in [-0.05, 0) is 43.5 Å². The van der Waals surface area contributed by atoms with Gasteiger partial charge in [-0.1, -0.05) is 12.1 Å². The third-order valence-electron chi connectivity index (χ3n) is 4.58. The van der Waals surface area contributed by atoms with E-state index in [1.165, 1.54) is 6.07 Å². The Labute approximate surface area is 151 Å². The molecule has 3 aromatic rings. The monoisotopic (exact) mass is 364 g/mol. The molecule has 1 fully saturated rings. The fraction of sp³-hybridized carbons (Fsp3) is 0.333. The van der Waals surface area contributed by atoms with Crippen molar-refractivity contribution < 1.29 is 9.87 Å². The van der Waals surface area contributed by atoms with E-state index in [0.29, 0.717) is 6.04 Å². The minimum Gasteiger partial charge on any atom is -0.412 e. The average Bonchev–Trinajstić information content (AvgIpc) is 3.02. The van der Waals surface area contributed by atoms with Crippen LogP contribution in [0.5, 0.6) is 0 Å². The normalized spacial score (nSPS) is 22.9. The molecule has 0 radical (unpaired) electrons. The first kappa shape index (κ1) is 19.3. The van der Waals surface area contributed by atoms with Crippen LogP contribution in [0.1, 0.15) is 43.1 Å². The Morgan fingerprint density at radius 3 is 2.84 bits per heavy atom. The first-order valence-corrected chi connectivity index (χ1v) is 8.00. The minimum absolute atomic E-state index is 0. The molecule has 0 amide bonds. The topological polar surface area (TPSA) is 85.1 Å². The number of H-pyrrole nitrogens is 1. The molecule has 1 aromatic carbocycles. The van der Waals surface area contributed by atoms with Crippen LogP contribution in [-0.4, -0.2) is 26.5 Å². The first-order valence-electron chi connectivity index (χ1n) is 8.00. The summed E-state index contributed by atoms with van der Waals surface area (Å²) in [5, 5.41) is 3.56. The third-order valence-corrected chi connectivity index (χ3v) is 4.58. The maximum atomic E-state index is 13.5. The lowest BCUT2D eigenvalue weighted by Crippen LogP contribution is -2.38. The van der Waals surface area contributed by atoms with E-state index in [-0.39, 0.29) is 35.7 Å². The Hall–Kier alpha value is -2.02. The Balaban J connectivity index is 0.00000113. The third kappa shape index (κ3) is 3.98. The largest absolute Gasteiger partial charge is 0.412 e. The lowest BCUT2D eigenvalue weighted by atomic mass is 9.85. The second-order valence-electron chi connectivity index (χ2n) is 6.35. The summed E-state index contributed by atoms with van der Waals surface area (Å²) < 4.78 is 13.5. The quantitative estimate of drug-likeness (QED) is 0.731. The predicted octanol–water partition coefficient (Wildman–Crippen LogP) is 3.29. The number of piperidine rings is 1. The summed E-state index contributed by atoms with van der Waals surface area (Å²) >= 11 is 0. The van der Waals surface area contributed by atoms with Gasteiger partial charge in [0.15, 0.2) is 0 Å². The van der Waals surface area contributed by atoms with Crippen LogP contribution in [0.15, 0.2) is 42.7 Å².